The van der Waals surface area contributed by atoms with Gasteiger partial charge >= 0.3 is 0 Å². The van der Waals surface area contributed by atoms with Gasteiger partial charge in [-0.3, -0.25) is 9.69 Å². The summed E-state index contributed by atoms with van der Waals surface area (Å²) in [6.45, 7) is 5.01. The van der Waals surface area contributed by atoms with Crippen LogP contribution in [-0.2, 0) is 4.74 Å². The highest BCUT2D eigenvalue weighted by molar-refractivity contribution is 6.00. The molecule has 1 aliphatic heterocycles. The van der Waals surface area contributed by atoms with Crippen molar-refractivity contribution in [1.29, 1.82) is 0 Å². The minimum atomic E-state index is -0.543. The number of hydrogen-bond acceptors (Lipinski definition) is 3. The third-order valence-corrected chi connectivity index (χ3v) is 4.67. The average Bonchev–Trinajstić information content (AvgIpc) is 3.18. The van der Waals surface area contributed by atoms with Crippen LogP contribution in [0.3, 0.4) is 0 Å². The van der Waals surface area contributed by atoms with Gasteiger partial charge in [-0.15, -0.1) is 0 Å². The van der Waals surface area contributed by atoms with E-state index in [-0.39, 0.29) is 5.78 Å². The van der Waals surface area contributed by atoms with E-state index in [9.17, 15) is 4.79 Å². The van der Waals surface area contributed by atoms with Gasteiger partial charge in [0, 0.05) is 11.6 Å². The fraction of sp³-hybridized carbons (Fsp3) is 0.381. The Morgan fingerprint density at radius 3 is 2.21 bits per heavy atom. The fourth-order valence-corrected chi connectivity index (χ4v) is 3.23. The molecule has 0 bridgehead atoms. The molecule has 0 aliphatic carbocycles. The summed E-state index contributed by atoms with van der Waals surface area (Å²) in [5, 5.41) is 0. The van der Waals surface area contributed by atoms with Crippen molar-refractivity contribution in [2.24, 2.45) is 0 Å². The van der Waals surface area contributed by atoms with Gasteiger partial charge in [-0.1, -0.05) is 60.7 Å². The Bertz CT molecular complexity index is 635. The summed E-state index contributed by atoms with van der Waals surface area (Å²) >= 11 is 0. The topological polar surface area (TPSA) is 29.5 Å². The van der Waals surface area contributed by atoms with Gasteiger partial charge in [0.05, 0.1) is 6.61 Å². The third-order valence-electron chi connectivity index (χ3n) is 4.67. The van der Waals surface area contributed by atoms with Gasteiger partial charge in [0.2, 0.25) is 0 Å². The van der Waals surface area contributed by atoms with Gasteiger partial charge in [-0.05, 0) is 38.4 Å². The first-order chi connectivity index (χ1) is 11.8. The lowest BCUT2D eigenvalue weighted by molar-refractivity contribution is 0.0186. The van der Waals surface area contributed by atoms with Crippen LogP contribution in [0.1, 0.15) is 41.8 Å². The Balaban J connectivity index is 1.74. The van der Waals surface area contributed by atoms with Crippen molar-refractivity contribution in [3.05, 3.63) is 71.8 Å². The van der Waals surface area contributed by atoms with E-state index in [0.717, 1.165) is 18.7 Å². The highest BCUT2D eigenvalue weighted by Gasteiger charge is 2.25. The van der Waals surface area contributed by atoms with E-state index in [4.69, 9.17) is 4.74 Å². The van der Waals surface area contributed by atoms with Crippen LogP contribution in [0, 0.1) is 0 Å². The van der Waals surface area contributed by atoms with Crippen LogP contribution in [0.5, 0.6) is 0 Å². The van der Waals surface area contributed by atoms with Crippen molar-refractivity contribution in [2.75, 3.05) is 19.7 Å². The molecule has 0 spiro atoms. The highest BCUT2D eigenvalue weighted by Crippen LogP contribution is 2.23. The maximum atomic E-state index is 12.9. The normalized spacial score (nSPS) is 17.5. The van der Waals surface area contributed by atoms with Crippen LogP contribution in [-0.4, -0.2) is 36.4 Å². The molecule has 1 saturated heterocycles. The number of nitrogens with zero attached hydrogens (tertiary/aromatic N) is 1. The van der Waals surface area contributed by atoms with Crippen LogP contribution in [0.25, 0.3) is 0 Å². The number of Topliss-reactive ketones (excluding diaryl/α,β-unsaturated/α-hetero) is 1. The van der Waals surface area contributed by atoms with Gasteiger partial charge in [0.15, 0.2) is 5.78 Å². The number of ketones is 1. The molecule has 1 fully saturated rings. The van der Waals surface area contributed by atoms with Crippen molar-refractivity contribution in [2.45, 2.75) is 31.9 Å². The van der Waals surface area contributed by atoms with Crippen LogP contribution in [0.15, 0.2) is 60.7 Å². The molecule has 0 N–H and O–H groups in total. The molecule has 0 radical (unpaired) electrons. The standard InChI is InChI=1S/C21H25NO2/c1-17(22-14-8-9-15-22)16-24-21(19-12-6-3-7-13-19)20(23)18-10-4-2-5-11-18/h2-7,10-13,17,21H,8-9,14-16H2,1H3. The molecule has 126 valence electrons. The summed E-state index contributed by atoms with van der Waals surface area (Å²) in [5.74, 6) is 0.0235. The first-order valence-corrected chi connectivity index (χ1v) is 8.75. The largest absolute Gasteiger partial charge is 0.364 e. The van der Waals surface area contributed by atoms with Crippen LogP contribution < -0.4 is 0 Å². The summed E-state index contributed by atoms with van der Waals surface area (Å²) in [6, 6.07) is 19.5. The van der Waals surface area contributed by atoms with E-state index in [1.54, 1.807) is 0 Å². The Hall–Kier alpha value is -1.97. The molecule has 2 aromatic rings. The number of hydrogen-bond donors (Lipinski definition) is 0. The summed E-state index contributed by atoms with van der Waals surface area (Å²) in [4.78, 5) is 15.4. The fourth-order valence-electron chi connectivity index (χ4n) is 3.23. The third kappa shape index (κ3) is 4.11. The number of rotatable bonds is 7. The molecule has 3 rings (SSSR count). The van der Waals surface area contributed by atoms with Crippen molar-refractivity contribution in [1.82, 2.24) is 4.90 Å². The first-order valence-electron chi connectivity index (χ1n) is 8.75. The second-order valence-corrected chi connectivity index (χ2v) is 6.45. The molecule has 0 amide bonds. The molecule has 2 atom stereocenters. The predicted octanol–water partition coefficient (Wildman–Crippen LogP) is 4.11. The molecule has 2 aromatic carbocycles. The average molecular weight is 323 g/mol. The summed E-state index contributed by atoms with van der Waals surface area (Å²) in [5.41, 5.74) is 1.61. The van der Waals surface area contributed by atoms with E-state index in [1.165, 1.54) is 12.8 Å². The number of likely N-dealkylation sites (tertiary alicyclic amines) is 1. The maximum absolute atomic E-state index is 12.9. The van der Waals surface area contributed by atoms with Crippen LogP contribution in [0.2, 0.25) is 0 Å². The molecule has 2 unspecified atom stereocenters. The zero-order valence-electron chi connectivity index (χ0n) is 14.2. The Morgan fingerprint density at radius 1 is 1.00 bits per heavy atom. The minimum Gasteiger partial charge on any atom is -0.364 e. The van der Waals surface area contributed by atoms with E-state index in [2.05, 4.69) is 11.8 Å². The highest BCUT2D eigenvalue weighted by atomic mass is 16.5. The molecule has 1 heterocycles. The van der Waals surface area contributed by atoms with Crippen LogP contribution in [0.4, 0.5) is 0 Å². The van der Waals surface area contributed by atoms with Crippen molar-refractivity contribution < 1.29 is 9.53 Å². The number of carbonyl (C=O) groups excluding carboxylic acids is 1. The van der Waals surface area contributed by atoms with E-state index in [1.807, 2.05) is 60.7 Å². The monoisotopic (exact) mass is 323 g/mol. The molecular weight excluding hydrogens is 298 g/mol. The van der Waals surface area contributed by atoms with Gasteiger partial charge < -0.3 is 4.74 Å². The molecule has 3 heteroatoms. The van der Waals surface area contributed by atoms with Crippen molar-refractivity contribution in [3.63, 3.8) is 0 Å². The SMILES string of the molecule is CC(COC(C(=O)c1ccccc1)c1ccccc1)N1CCCC1. The van der Waals surface area contributed by atoms with Crippen LogP contribution >= 0.6 is 0 Å². The van der Waals surface area contributed by atoms with Gasteiger partial charge in [-0.2, -0.15) is 0 Å². The number of ether oxygens (including phenoxy) is 1. The maximum Gasteiger partial charge on any atom is 0.196 e. The van der Waals surface area contributed by atoms with E-state index in [0.29, 0.717) is 18.2 Å². The van der Waals surface area contributed by atoms with Gasteiger partial charge in [0.1, 0.15) is 6.10 Å². The van der Waals surface area contributed by atoms with Crippen molar-refractivity contribution in [3.8, 4) is 0 Å². The quantitative estimate of drug-likeness (QED) is 0.718. The second-order valence-electron chi connectivity index (χ2n) is 6.45. The summed E-state index contributed by atoms with van der Waals surface area (Å²) in [6.07, 6.45) is 1.98. The summed E-state index contributed by atoms with van der Waals surface area (Å²) < 4.78 is 6.13. The zero-order chi connectivity index (χ0) is 16.8. The number of benzene rings is 2. The van der Waals surface area contributed by atoms with Gasteiger partial charge in [0.25, 0.3) is 0 Å². The summed E-state index contributed by atoms with van der Waals surface area (Å²) in [7, 11) is 0. The minimum absolute atomic E-state index is 0.0235. The molecular formula is C21H25NO2. The zero-order valence-corrected chi connectivity index (χ0v) is 14.2. The Morgan fingerprint density at radius 2 is 1.58 bits per heavy atom. The van der Waals surface area contributed by atoms with Gasteiger partial charge in [-0.25, -0.2) is 0 Å². The predicted molar refractivity (Wildman–Crippen MR) is 96.2 cm³/mol. The molecule has 3 nitrogen and oxygen atoms in total. The molecule has 0 saturated carbocycles. The molecule has 24 heavy (non-hydrogen) atoms. The Kier molecular flexibility index (Phi) is 5.78. The van der Waals surface area contributed by atoms with Crippen molar-refractivity contribution >= 4 is 5.78 Å². The lowest BCUT2D eigenvalue weighted by Crippen LogP contribution is -2.35. The van der Waals surface area contributed by atoms with E-state index >= 15 is 0 Å². The first kappa shape index (κ1) is 16.9. The van der Waals surface area contributed by atoms with E-state index < -0.39 is 6.10 Å². The molecule has 0 aromatic heterocycles. The Labute approximate surface area is 144 Å². The molecule has 1 aliphatic rings. The second kappa shape index (κ2) is 8.22. The lowest BCUT2D eigenvalue weighted by atomic mass is 10.00. The lowest BCUT2D eigenvalue weighted by Gasteiger charge is -2.26. The number of carbonyl (C=O) groups is 1. The smallest absolute Gasteiger partial charge is 0.196 e.